The van der Waals surface area contributed by atoms with Crippen molar-refractivity contribution < 1.29 is 22.7 Å². The van der Waals surface area contributed by atoms with Crippen molar-refractivity contribution in [2.24, 2.45) is 0 Å². The highest BCUT2D eigenvalue weighted by Gasteiger charge is 2.26. The Morgan fingerprint density at radius 2 is 1.69 bits per heavy atom. The van der Waals surface area contributed by atoms with Gasteiger partial charge in [-0.2, -0.15) is 4.31 Å². The normalized spacial score (nSPS) is 14.4. The molecule has 0 bridgehead atoms. The van der Waals surface area contributed by atoms with Crippen molar-refractivity contribution in [1.82, 2.24) is 14.6 Å². The first-order valence-corrected chi connectivity index (χ1v) is 13.0. The van der Waals surface area contributed by atoms with E-state index in [9.17, 15) is 13.2 Å². The topological polar surface area (TPSA) is 97.8 Å². The number of rotatable bonds is 10. The van der Waals surface area contributed by atoms with Gasteiger partial charge in [-0.05, 0) is 53.9 Å². The molecule has 0 unspecified atom stereocenters. The van der Waals surface area contributed by atoms with Gasteiger partial charge < -0.3 is 14.8 Å². The minimum Gasteiger partial charge on any atom is -0.487 e. The molecule has 1 saturated heterocycles. The summed E-state index contributed by atoms with van der Waals surface area (Å²) in [7, 11) is -3.51. The second-order valence-corrected chi connectivity index (χ2v) is 10.1. The number of nitrogens with zero attached hydrogens (tertiary/aromatic N) is 2. The van der Waals surface area contributed by atoms with Gasteiger partial charge in [0, 0.05) is 32.3 Å². The SMILES string of the molecule is O=C(CCc1ccc(S(=O)(=O)N2CCOCC2)cc1)NCc1ccc(OCc2ccccn2)cc1. The van der Waals surface area contributed by atoms with Crippen LogP contribution in [0.5, 0.6) is 5.75 Å². The second kappa shape index (κ2) is 11.9. The Bertz CT molecular complexity index is 1190. The number of aryl methyl sites for hydroxylation is 1. The largest absolute Gasteiger partial charge is 0.487 e. The van der Waals surface area contributed by atoms with Gasteiger partial charge in [-0.1, -0.05) is 30.3 Å². The molecule has 1 fully saturated rings. The van der Waals surface area contributed by atoms with E-state index in [1.54, 1.807) is 30.5 Å². The molecule has 35 heavy (non-hydrogen) atoms. The van der Waals surface area contributed by atoms with Crippen LogP contribution >= 0.6 is 0 Å². The van der Waals surface area contributed by atoms with E-state index in [0.717, 1.165) is 22.6 Å². The molecule has 1 aliphatic rings. The summed E-state index contributed by atoms with van der Waals surface area (Å²) in [6.45, 7) is 2.39. The van der Waals surface area contributed by atoms with Crippen molar-refractivity contribution >= 4 is 15.9 Å². The molecule has 0 atom stereocenters. The number of aromatic nitrogens is 1. The number of pyridine rings is 1. The lowest BCUT2D eigenvalue weighted by Gasteiger charge is -2.26. The molecular weight excluding hydrogens is 466 g/mol. The van der Waals surface area contributed by atoms with Gasteiger partial charge in [0.15, 0.2) is 0 Å². The van der Waals surface area contributed by atoms with Crippen LogP contribution in [0.15, 0.2) is 77.8 Å². The molecule has 0 radical (unpaired) electrons. The predicted molar refractivity (Wildman–Crippen MR) is 131 cm³/mol. The van der Waals surface area contributed by atoms with Gasteiger partial charge in [-0.25, -0.2) is 8.42 Å². The van der Waals surface area contributed by atoms with E-state index in [2.05, 4.69) is 10.3 Å². The Morgan fingerprint density at radius 1 is 0.971 bits per heavy atom. The number of sulfonamides is 1. The van der Waals surface area contributed by atoms with E-state index in [4.69, 9.17) is 9.47 Å². The Morgan fingerprint density at radius 3 is 2.37 bits per heavy atom. The molecule has 1 aromatic heterocycles. The number of amides is 1. The number of carbonyl (C=O) groups is 1. The molecule has 2 aromatic carbocycles. The maximum atomic E-state index is 12.7. The zero-order valence-corrected chi connectivity index (χ0v) is 20.2. The molecule has 2 heterocycles. The van der Waals surface area contributed by atoms with Crippen molar-refractivity contribution in [2.45, 2.75) is 30.9 Å². The lowest BCUT2D eigenvalue weighted by Crippen LogP contribution is -2.40. The Balaban J connectivity index is 1.20. The quantitative estimate of drug-likeness (QED) is 0.465. The van der Waals surface area contributed by atoms with Crippen LogP contribution in [-0.2, 0) is 39.1 Å². The van der Waals surface area contributed by atoms with Crippen LogP contribution in [0.3, 0.4) is 0 Å². The molecule has 9 heteroatoms. The van der Waals surface area contributed by atoms with Gasteiger partial charge in [-0.3, -0.25) is 9.78 Å². The number of morpholine rings is 1. The highest BCUT2D eigenvalue weighted by molar-refractivity contribution is 7.89. The fraction of sp³-hybridized carbons (Fsp3) is 0.308. The van der Waals surface area contributed by atoms with E-state index in [0.29, 0.717) is 52.3 Å². The van der Waals surface area contributed by atoms with Crippen LogP contribution in [0.25, 0.3) is 0 Å². The summed E-state index contributed by atoms with van der Waals surface area (Å²) in [6.07, 6.45) is 2.58. The van der Waals surface area contributed by atoms with Crippen molar-refractivity contribution in [3.05, 3.63) is 89.7 Å². The molecular formula is C26H29N3O5S. The van der Waals surface area contributed by atoms with E-state index in [1.165, 1.54) is 4.31 Å². The molecule has 0 saturated carbocycles. The number of carbonyl (C=O) groups excluding carboxylic acids is 1. The summed E-state index contributed by atoms with van der Waals surface area (Å²) in [5, 5.41) is 2.92. The van der Waals surface area contributed by atoms with Gasteiger partial charge in [0.2, 0.25) is 15.9 Å². The Hall–Kier alpha value is -3.27. The third-order valence-corrected chi connectivity index (χ3v) is 7.61. The van der Waals surface area contributed by atoms with E-state index in [-0.39, 0.29) is 10.8 Å². The summed E-state index contributed by atoms with van der Waals surface area (Å²) in [5.41, 5.74) is 2.74. The summed E-state index contributed by atoms with van der Waals surface area (Å²) in [4.78, 5) is 16.8. The first-order chi connectivity index (χ1) is 17.0. The van der Waals surface area contributed by atoms with Crippen LogP contribution in [0.2, 0.25) is 0 Å². The molecule has 0 spiro atoms. The fourth-order valence-electron chi connectivity index (χ4n) is 3.66. The van der Waals surface area contributed by atoms with Crippen LogP contribution in [-0.4, -0.2) is 49.9 Å². The Kier molecular flexibility index (Phi) is 8.46. The molecule has 184 valence electrons. The molecule has 4 rings (SSSR count). The minimum atomic E-state index is -3.51. The fourth-order valence-corrected chi connectivity index (χ4v) is 5.06. The van der Waals surface area contributed by atoms with E-state index < -0.39 is 10.0 Å². The summed E-state index contributed by atoms with van der Waals surface area (Å²) >= 11 is 0. The summed E-state index contributed by atoms with van der Waals surface area (Å²) < 4.78 is 37.8. The first kappa shape index (κ1) is 24.8. The number of hydrogen-bond acceptors (Lipinski definition) is 6. The highest BCUT2D eigenvalue weighted by atomic mass is 32.2. The highest BCUT2D eigenvalue weighted by Crippen LogP contribution is 2.18. The van der Waals surface area contributed by atoms with Gasteiger partial charge in [0.1, 0.15) is 12.4 Å². The number of nitrogens with one attached hydrogen (secondary N) is 1. The first-order valence-electron chi connectivity index (χ1n) is 11.6. The molecule has 0 aliphatic carbocycles. The monoisotopic (exact) mass is 495 g/mol. The van der Waals surface area contributed by atoms with Gasteiger partial charge in [0.25, 0.3) is 0 Å². The smallest absolute Gasteiger partial charge is 0.243 e. The lowest BCUT2D eigenvalue weighted by molar-refractivity contribution is -0.121. The number of ether oxygens (including phenoxy) is 2. The Labute approximate surface area is 206 Å². The van der Waals surface area contributed by atoms with Crippen LogP contribution < -0.4 is 10.1 Å². The average Bonchev–Trinajstić information content (AvgIpc) is 2.91. The second-order valence-electron chi connectivity index (χ2n) is 8.19. The van der Waals surface area contributed by atoms with Gasteiger partial charge in [-0.15, -0.1) is 0 Å². The maximum absolute atomic E-state index is 12.7. The van der Waals surface area contributed by atoms with E-state index in [1.807, 2.05) is 42.5 Å². The standard InChI is InChI=1S/C26H29N3O5S/c30-26(28-19-22-4-9-24(10-5-22)34-20-23-3-1-2-14-27-23)13-8-21-6-11-25(12-7-21)35(31,32)29-15-17-33-18-16-29/h1-7,9-12,14H,8,13,15-20H2,(H,28,30). The van der Waals surface area contributed by atoms with Crippen molar-refractivity contribution in [2.75, 3.05) is 26.3 Å². The maximum Gasteiger partial charge on any atom is 0.243 e. The third kappa shape index (κ3) is 7.11. The average molecular weight is 496 g/mol. The van der Waals surface area contributed by atoms with Gasteiger partial charge in [0.05, 0.1) is 23.8 Å². The van der Waals surface area contributed by atoms with Crippen molar-refractivity contribution in [1.29, 1.82) is 0 Å². The minimum absolute atomic E-state index is 0.0644. The summed E-state index contributed by atoms with van der Waals surface area (Å²) in [5.74, 6) is 0.676. The molecule has 8 nitrogen and oxygen atoms in total. The zero-order valence-electron chi connectivity index (χ0n) is 19.4. The molecule has 1 amide bonds. The zero-order chi connectivity index (χ0) is 24.5. The molecule has 1 N–H and O–H groups in total. The van der Waals surface area contributed by atoms with Crippen molar-refractivity contribution in [3.8, 4) is 5.75 Å². The third-order valence-electron chi connectivity index (χ3n) is 5.70. The number of hydrogen-bond donors (Lipinski definition) is 1. The molecule has 1 aliphatic heterocycles. The lowest BCUT2D eigenvalue weighted by atomic mass is 10.1. The summed E-state index contributed by atoms with van der Waals surface area (Å²) in [6, 6.07) is 20.0. The van der Waals surface area contributed by atoms with Crippen LogP contribution in [0.4, 0.5) is 0 Å². The van der Waals surface area contributed by atoms with Crippen molar-refractivity contribution in [3.63, 3.8) is 0 Å². The van der Waals surface area contributed by atoms with Gasteiger partial charge >= 0.3 is 0 Å². The predicted octanol–water partition coefficient (Wildman–Crippen LogP) is 2.93. The molecule has 3 aromatic rings. The van der Waals surface area contributed by atoms with Crippen LogP contribution in [0, 0.1) is 0 Å². The van der Waals surface area contributed by atoms with E-state index >= 15 is 0 Å². The number of benzene rings is 2. The van der Waals surface area contributed by atoms with Crippen LogP contribution in [0.1, 0.15) is 23.2 Å².